The van der Waals surface area contributed by atoms with Crippen LogP contribution in [-0.4, -0.2) is 31.2 Å². The summed E-state index contributed by atoms with van der Waals surface area (Å²) in [6.45, 7) is 5.56. The molecule has 0 aromatic rings. The third-order valence-corrected chi connectivity index (χ3v) is 3.45. The Morgan fingerprint density at radius 1 is 1.41 bits per heavy atom. The highest BCUT2D eigenvalue weighted by molar-refractivity contribution is 5.79. The second-order valence-corrected chi connectivity index (χ2v) is 5.12. The molecule has 0 radical (unpaired) electrons. The molecule has 1 atom stereocenters. The van der Waals surface area contributed by atoms with E-state index in [1.807, 2.05) is 0 Å². The van der Waals surface area contributed by atoms with Crippen molar-refractivity contribution in [1.82, 2.24) is 5.32 Å². The third kappa shape index (κ3) is 5.50. The lowest BCUT2D eigenvalue weighted by molar-refractivity contribution is -0.122. The van der Waals surface area contributed by atoms with E-state index in [0.717, 1.165) is 31.7 Å². The molecule has 100 valence electrons. The van der Waals surface area contributed by atoms with Crippen molar-refractivity contribution in [2.45, 2.75) is 58.1 Å². The summed E-state index contributed by atoms with van der Waals surface area (Å²) in [6.07, 6.45) is 5.99. The minimum Gasteiger partial charge on any atom is -0.376 e. The van der Waals surface area contributed by atoms with Crippen LogP contribution in [0, 0.1) is 5.92 Å². The maximum absolute atomic E-state index is 11.2. The Labute approximate surface area is 104 Å². The number of primary amides is 1. The Morgan fingerprint density at radius 3 is 2.59 bits per heavy atom. The van der Waals surface area contributed by atoms with E-state index in [1.165, 1.54) is 12.8 Å². The first-order valence-electron chi connectivity index (χ1n) is 6.77. The number of amides is 1. The molecular weight excluding hydrogens is 216 g/mol. The monoisotopic (exact) mass is 242 g/mol. The van der Waals surface area contributed by atoms with Crippen LogP contribution < -0.4 is 11.1 Å². The fraction of sp³-hybridized carbons (Fsp3) is 0.923. The Kier molecular flexibility index (Phi) is 6.52. The topological polar surface area (TPSA) is 64.3 Å². The van der Waals surface area contributed by atoms with Crippen LogP contribution in [0.15, 0.2) is 0 Å². The lowest BCUT2D eigenvalue weighted by Gasteiger charge is -2.27. The average molecular weight is 242 g/mol. The van der Waals surface area contributed by atoms with Crippen LogP contribution in [-0.2, 0) is 9.53 Å². The molecule has 4 heteroatoms. The zero-order valence-electron chi connectivity index (χ0n) is 11.1. The van der Waals surface area contributed by atoms with Crippen LogP contribution in [0.2, 0.25) is 0 Å². The van der Waals surface area contributed by atoms with Gasteiger partial charge in [-0.25, -0.2) is 0 Å². The van der Waals surface area contributed by atoms with Crippen LogP contribution in [0.5, 0.6) is 0 Å². The molecule has 3 N–H and O–H groups in total. The van der Waals surface area contributed by atoms with Crippen LogP contribution in [0.3, 0.4) is 0 Å². The van der Waals surface area contributed by atoms with Gasteiger partial charge in [-0.1, -0.05) is 13.8 Å². The van der Waals surface area contributed by atoms with Crippen molar-refractivity contribution in [3.8, 4) is 0 Å². The molecule has 0 aromatic heterocycles. The maximum atomic E-state index is 11.2. The number of nitrogens with two attached hydrogens (primary N) is 1. The molecule has 17 heavy (non-hydrogen) atoms. The fourth-order valence-corrected chi connectivity index (χ4v) is 2.19. The fourth-order valence-electron chi connectivity index (χ4n) is 2.19. The standard InChI is InChI=1S/C13H26N2O2/c1-3-8-15-12(13(14)16)9-17-11-6-4-10(2)5-7-11/h10-12,15H,3-9H2,1-2H3,(H2,14,16). The minimum absolute atomic E-state index is 0.316. The van der Waals surface area contributed by atoms with Gasteiger partial charge in [-0.15, -0.1) is 0 Å². The first-order valence-corrected chi connectivity index (χ1v) is 6.77. The predicted molar refractivity (Wildman–Crippen MR) is 68.6 cm³/mol. The van der Waals surface area contributed by atoms with Gasteiger partial charge in [0, 0.05) is 0 Å². The number of hydrogen-bond acceptors (Lipinski definition) is 3. The SMILES string of the molecule is CCCNC(COC1CCC(C)CC1)C(N)=O. The molecule has 0 aliphatic heterocycles. The van der Waals surface area contributed by atoms with Crippen LogP contribution in [0.1, 0.15) is 46.0 Å². The second kappa shape index (κ2) is 7.67. The second-order valence-electron chi connectivity index (χ2n) is 5.12. The Bertz CT molecular complexity index is 225. The molecular formula is C13H26N2O2. The molecule has 1 amide bonds. The van der Waals surface area contributed by atoms with E-state index in [0.29, 0.717) is 12.7 Å². The van der Waals surface area contributed by atoms with Crippen molar-refractivity contribution in [1.29, 1.82) is 0 Å². The number of ether oxygens (including phenoxy) is 1. The van der Waals surface area contributed by atoms with Crippen molar-refractivity contribution in [3.63, 3.8) is 0 Å². The molecule has 1 aliphatic carbocycles. The summed E-state index contributed by atoms with van der Waals surface area (Å²) in [7, 11) is 0. The quantitative estimate of drug-likeness (QED) is 0.710. The van der Waals surface area contributed by atoms with Crippen LogP contribution in [0.4, 0.5) is 0 Å². The van der Waals surface area contributed by atoms with Crippen LogP contribution >= 0.6 is 0 Å². The number of hydrogen-bond donors (Lipinski definition) is 2. The van der Waals surface area contributed by atoms with Gasteiger partial charge in [0.2, 0.25) is 5.91 Å². The van der Waals surface area contributed by atoms with Crippen molar-refractivity contribution in [2.75, 3.05) is 13.2 Å². The van der Waals surface area contributed by atoms with E-state index in [4.69, 9.17) is 10.5 Å². The summed E-state index contributed by atoms with van der Waals surface area (Å²) in [4.78, 5) is 11.2. The summed E-state index contributed by atoms with van der Waals surface area (Å²) >= 11 is 0. The highest BCUT2D eigenvalue weighted by atomic mass is 16.5. The zero-order chi connectivity index (χ0) is 12.7. The van der Waals surface area contributed by atoms with Crippen molar-refractivity contribution in [3.05, 3.63) is 0 Å². The Morgan fingerprint density at radius 2 is 2.06 bits per heavy atom. The summed E-state index contributed by atoms with van der Waals surface area (Å²) in [5.74, 6) is 0.502. The summed E-state index contributed by atoms with van der Waals surface area (Å²) in [5.41, 5.74) is 5.33. The molecule has 1 saturated carbocycles. The molecule has 1 unspecified atom stereocenters. The molecule has 0 bridgehead atoms. The van der Waals surface area contributed by atoms with Gasteiger partial charge in [0.1, 0.15) is 6.04 Å². The lowest BCUT2D eigenvalue weighted by atomic mass is 9.89. The van der Waals surface area contributed by atoms with E-state index in [1.54, 1.807) is 0 Å². The lowest BCUT2D eigenvalue weighted by Crippen LogP contribution is -2.45. The molecule has 1 aliphatic rings. The normalized spacial score (nSPS) is 26.7. The van der Waals surface area contributed by atoms with Gasteiger partial charge in [0.25, 0.3) is 0 Å². The van der Waals surface area contributed by atoms with E-state index in [9.17, 15) is 4.79 Å². The van der Waals surface area contributed by atoms with Gasteiger partial charge in [0.15, 0.2) is 0 Å². The predicted octanol–water partition coefficient (Wildman–Crippen LogP) is 1.44. The van der Waals surface area contributed by atoms with Gasteiger partial charge >= 0.3 is 0 Å². The zero-order valence-corrected chi connectivity index (χ0v) is 11.1. The first-order chi connectivity index (χ1) is 8.13. The van der Waals surface area contributed by atoms with Gasteiger partial charge in [-0.2, -0.15) is 0 Å². The Balaban J connectivity index is 2.23. The van der Waals surface area contributed by atoms with E-state index >= 15 is 0 Å². The molecule has 4 nitrogen and oxygen atoms in total. The highest BCUT2D eigenvalue weighted by Gasteiger charge is 2.21. The number of nitrogens with one attached hydrogen (secondary N) is 1. The molecule has 1 fully saturated rings. The van der Waals surface area contributed by atoms with E-state index < -0.39 is 0 Å². The molecule has 0 saturated heterocycles. The molecule has 0 spiro atoms. The third-order valence-electron chi connectivity index (χ3n) is 3.45. The van der Waals surface area contributed by atoms with Gasteiger partial charge < -0.3 is 15.8 Å². The van der Waals surface area contributed by atoms with E-state index in [2.05, 4.69) is 19.2 Å². The van der Waals surface area contributed by atoms with Gasteiger partial charge in [0.05, 0.1) is 12.7 Å². The summed E-state index contributed by atoms with van der Waals surface area (Å²) in [6, 6.07) is -0.339. The minimum atomic E-state index is -0.339. The molecule has 0 aromatic carbocycles. The highest BCUT2D eigenvalue weighted by Crippen LogP contribution is 2.25. The van der Waals surface area contributed by atoms with Crippen molar-refractivity contribution < 1.29 is 9.53 Å². The molecule has 0 heterocycles. The Hall–Kier alpha value is -0.610. The largest absolute Gasteiger partial charge is 0.376 e. The van der Waals surface area contributed by atoms with Gasteiger partial charge in [-0.05, 0) is 44.6 Å². The summed E-state index contributed by atoms with van der Waals surface area (Å²) in [5, 5.41) is 3.12. The average Bonchev–Trinajstić information content (AvgIpc) is 2.31. The van der Waals surface area contributed by atoms with Crippen molar-refractivity contribution in [2.24, 2.45) is 11.7 Å². The number of carbonyl (C=O) groups is 1. The number of carbonyl (C=O) groups excluding carboxylic acids is 1. The first kappa shape index (κ1) is 14.5. The molecule has 1 rings (SSSR count). The van der Waals surface area contributed by atoms with Crippen molar-refractivity contribution >= 4 is 5.91 Å². The summed E-state index contributed by atoms with van der Waals surface area (Å²) < 4.78 is 5.79. The maximum Gasteiger partial charge on any atom is 0.236 e. The smallest absolute Gasteiger partial charge is 0.236 e. The van der Waals surface area contributed by atoms with Gasteiger partial charge in [-0.3, -0.25) is 4.79 Å². The van der Waals surface area contributed by atoms with Crippen LogP contribution in [0.25, 0.3) is 0 Å². The number of rotatable bonds is 7. The van der Waals surface area contributed by atoms with E-state index in [-0.39, 0.29) is 11.9 Å².